The molecule has 0 unspecified atom stereocenters. The summed E-state index contributed by atoms with van der Waals surface area (Å²) in [5, 5.41) is 1.14. The molecule has 3 rings (SSSR count). The van der Waals surface area contributed by atoms with Gasteiger partial charge in [0.25, 0.3) is 0 Å². The predicted octanol–water partition coefficient (Wildman–Crippen LogP) is 4.03. The van der Waals surface area contributed by atoms with Crippen molar-refractivity contribution in [1.82, 2.24) is 4.98 Å². The molecule has 1 aromatic carbocycles. The largest absolute Gasteiger partial charge is 0.461 e. The molecule has 0 radical (unpaired) electrons. The maximum Gasteiger partial charge on any atom is 0.197 e. The first-order valence-corrected chi connectivity index (χ1v) is 6.74. The summed E-state index contributed by atoms with van der Waals surface area (Å²) in [6, 6.07) is 13.6. The van der Waals surface area contributed by atoms with Gasteiger partial charge in [-0.25, -0.2) is 0 Å². The summed E-state index contributed by atoms with van der Waals surface area (Å²) in [5.41, 5.74) is 2.22. The van der Waals surface area contributed by atoms with E-state index in [-0.39, 0.29) is 5.78 Å². The Hall–Kier alpha value is -2.42. The molecule has 0 aliphatic heterocycles. The average Bonchev–Trinajstić information content (AvgIpc) is 3.02. The third kappa shape index (κ3) is 2.62. The highest BCUT2D eigenvalue weighted by atomic mass is 16.3. The Bertz CT molecular complexity index is 711. The Morgan fingerprint density at radius 2 is 2.00 bits per heavy atom. The minimum atomic E-state index is 0.0585. The molecule has 3 heteroatoms. The smallest absolute Gasteiger partial charge is 0.197 e. The Morgan fingerprint density at radius 3 is 2.85 bits per heavy atom. The van der Waals surface area contributed by atoms with Crippen molar-refractivity contribution in [3.8, 4) is 0 Å². The number of furan rings is 1. The minimum absolute atomic E-state index is 0.0585. The van der Waals surface area contributed by atoms with Crippen LogP contribution in [0.15, 0.2) is 59.3 Å². The zero-order chi connectivity index (χ0) is 13.8. The Morgan fingerprint density at radius 1 is 1.10 bits per heavy atom. The maximum atomic E-state index is 11.9. The second-order valence-corrected chi connectivity index (χ2v) is 4.75. The lowest BCUT2D eigenvalue weighted by Crippen LogP contribution is -1.98. The van der Waals surface area contributed by atoms with Crippen molar-refractivity contribution in [3.05, 3.63) is 66.2 Å². The summed E-state index contributed by atoms with van der Waals surface area (Å²) in [7, 11) is 0. The van der Waals surface area contributed by atoms with Crippen molar-refractivity contribution in [3.63, 3.8) is 0 Å². The van der Waals surface area contributed by atoms with Gasteiger partial charge in [0, 0.05) is 18.0 Å². The van der Waals surface area contributed by atoms with Crippen LogP contribution in [0.2, 0.25) is 0 Å². The fourth-order valence-corrected chi connectivity index (χ4v) is 2.37. The molecular weight excluding hydrogens is 250 g/mol. The van der Waals surface area contributed by atoms with Gasteiger partial charge in [-0.1, -0.05) is 24.3 Å². The fraction of sp³-hybridized carbons (Fsp3) is 0.176. The van der Waals surface area contributed by atoms with E-state index in [0.717, 1.165) is 23.7 Å². The molecule has 3 aromatic rings. The first-order chi connectivity index (χ1) is 9.84. The number of aromatic nitrogens is 1. The number of nitrogens with zero attached hydrogens (tertiary/aromatic N) is 1. The van der Waals surface area contributed by atoms with Gasteiger partial charge in [-0.3, -0.25) is 9.78 Å². The van der Waals surface area contributed by atoms with E-state index in [1.54, 1.807) is 18.3 Å². The molecule has 0 fully saturated rings. The van der Waals surface area contributed by atoms with Crippen LogP contribution >= 0.6 is 0 Å². The van der Waals surface area contributed by atoms with E-state index in [0.29, 0.717) is 12.2 Å². The number of rotatable bonds is 5. The second-order valence-electron chi connectivity index (χ2n) is 4.75. The number of hydrogen-bond donors (Lipinski definition) is 0. The Labute approximate surface area is 117 Å². The van der Waals surface area contributed by atoms with Gasteiger partial charge in [0.1, 0.15) is 0 Å². The summed E-state index contributed by atoms with van der Waals surface area (Å²) in [5.74, 6) is 0.504. The van der Waals surface area contributed by atoms with Gasteiger partial charge in [-0.2, -0.15) is 0 Å². The van der Waals surface area contributed by atoms with Gasteiger partial charge in [-0.15, -0.1) is 0 Å². The molecule has 0 spiro atoms. The molecule has 0 aliphatic carbocycles. The molecule has 2 aromatic heterocycles. The first-order valence-electron chi connectivity index (χ1n) is 6.74. The molecule has 0 atom stereocenters. The van der Waals surface area contributed by atoms with E-state index in [4.69, 9.17) is 4.42 Å². The van der Waals surface area contributed by atoms with Crippen molar-refractivity contribution in [1.29, 1.82) is 0 Å². The molecule has 0 aliphatic rings. The molecule has 2 heterocycles. The molecule has 20 heavy (non-hydrogen) atoms. The quantitative estimate of drug-likeness (QED) is 0.654. The van der Waals surface area contributed by atoms with Crippen LogP contribution in [0.1, 0.15) is 29.0 Å². The fourth-order valence-electron chi connectivity index (χ4n) is 2.37. The predicted molar refractivity (Wildman–Crippen MR) is 77.7 cm³/mol. The van der Waals surface area contributed by atoms with Gasteiger partial charge in [0.15, 0.2) is 11.5 Å². The molecule has 0 bridgehead atoms. The second kappa shape index (κ2) is 5.70. The number of fused-ring (bicyclic) bond motifs is 1. The molecule has 0 amide bonds. The zero-order valence-electron chi connectivity index (χ0n) is 11.1. The van der Waals surface area contributed by atoms with Gasteiger partial charge < -0.3 is 4.42 Å². The lowest BCUT2D eigenvalue weighted by Gasteiger charge is -2.04. The van der Waals surface area contributed by atoms with Crippen LogP contribution in [-0.2, 0) is 6.42 Å². The van der Waals surface area contributed by atoms with Crippen molar-refractivity contribution in [2.24, 2.45) is 0 Å². The summed E-state index contributed by atoms with van der Waals surface area (Å²) in [6.45, 7) is 0. The molecule has 0 saturated carbocycles. The van der Waals surface area contributed by atoms with Crippen molar-refractivity contribution in [2.45, 2.75) is 19.3 Å². The normalized spacial score (nSPS) is 10.8. The number of ketones is 1. The molecule has 0 N–H and O–H groups in total. The number of para-hydroxylation sites is 1. The van der Waals surface area contributed by atoms with Gasteiger partial charge in [0.05, 0.1) is 11.8 Å². The summed E-state index contributed by atoms with van der Waals surface area (Å²) >= 11 is 0. The van der Waals surface area contributed by atoms with Crippen molar-refractivity contribution >= 4 is 16.7 Å². The number of benzene rings is 1. The number of aryl methyl sites for hydroxylation is 1. The van der Waals surface area contributed by atoms with Gasteiger partial charge in [0.2, 0.25) is 0 Å². The number of hydrogen-bond acceptors (Lipinski definition) is 3. The minimum Gasteiger partial charge on any atom is -0.461 e. The number of pyridine rings is 1. The van der Waals surface area contributed by atoms with E-state index >= 15 is 0 Å². The molecular formula is C17H15NO2. The lowest BCUT2D eigenvalue weighted by atomic mass is 10.0. The zero-order valence-corrected chi connectivity index (χ0v) is 11.1. The highest BCUT2D eigenvalue weighted by molar-refractivity contribution is 5.93. The summed E-state index contributed by atoms with van der Waals surface area (Å²) in [4.78, 5) is 16.3. The van der Waals surface area contributed by atoms with Crippen LogP contribution in [0.25, 0.3) is 10.9 Å². The van der Waals surface area contributed by atoms with Crippen LogP contribution in [0.3, 0.4) is 0 Å². The standard InChI is InChI=1S/C17H15NO2/c19-15(16-10-4-12-20-16)9-2-7-13-5-1-6-14-8-3-11-18-17(13)14/h1,3-6,8,10-12H,2,7,9H2. The topological polar surface area (TPSA) is 43.1 Å². The van der Waals surface area contributed by atoms with Crippen LogP contribution in [0.5, 0.6) is 0 Å². The maximum absolute atomic E-state index is 11.9. The van der Waals surface area contributed by atoms with E-state index in [9.17, 15) is 4.79 Å². The third-order valence-corrected chi connectivity index (χ3v) is 3.36. The van der Waals surface area contributed by atoms with Crippen molar-refractivity contribution in [2.75, 3.05) is 0 Å². The van der Waals surface area contributed by atoms with Gasteiger partial charge in [-0.05, 0) is 36.6 Å². The van der Waals surface area contributed by atoms with Crippen LogP contribution in [-0.4, -0.2) is 10.8 Å². The highest BCUT2D eigenvalue weighted by Gasteiger charge is 2.09. The van der Waals surface area contributed by atoms with Crippen LogP contribution in [0, 0.1) is 0 Å². The third-order valence-electron chi connectivity index (χ3n) is 3.36. The number of carbonyl (C=O) groups excluding carboxylic acids is 1. The van der Waals surface area contributed by atoms with E-state index in [1.807, 2.05) is 12.1 Å². The average molecular weight is 265 g/mol. The highest BCUT2D eigenvalue weighted by Crippen LogP contribution is 2.18. The van der Waals surface area contributed by atoms with Crippen LogP contribution in [0.4, 0.5) is 0 Å². The van der Waals surface area contributed by atoms with E-state index < -0.39 is 0 Å². The summed E-state index contributed by atoms with van der Waals surface area (Å²) < 4.78 is 5.11. The number of carbonyl (C=O) groups is 1. The SMILES string of the molecule is O=C(CCCc1cccc2cccnc12)c1ccco1. The van der Waals surface area contributed by atoms with E-state index in [1.165, 1.54) is 11.8 Å². The van der Waals surface area contributed by atoms with Crippen LogP contribution < -0.4 is 0 Å². The molecule has 0 saturated heterocycles. The monoisotopic (exact) mass is 265 g/mol. The molecule has 3 nitrogen and oxygen atoms in total. The number of Topliss-reactive ketones (excluding diaryl/α,β-unsaturated/α-hetero) is 1. The van der Waals surface area contributed by atoms with E-state index in [2.05, 4.69) is 23.2 Å². The van der Waals surface area contributed by atoms with Gasteiger partial charge >= 0.3 is 0 Å². The lowest BCUT2D eigenvalue weighted by molar-refractivity contribution is 0.0953. The molecule has 100 valence electrons. The van der Waals surface area contributed by atoms with Crippen molar-refractivity contribution < 1.29 is 9.21 Å². The Kier molecular flexibility index (Phi) is 3.59. The summed E-state index contributed by atoms with van der Waals surface area (Å²) in [6.07, 6.45) is 5.48. The Balaban J connectivity index is 1.67. The first kappa shape index (κ1) is 12.6.